The molecule has 1 heterocycles. The predicted octanol–water partition coefficient (Wildman–Crippen LogP) is 3.77. The van der Waals surface area contributed by atoms with Crippen molar-refractivity contribution in [3.8, 4) is 0 Å². The van der Waals surface area contributed by atoms with Crippen LogP contribution in [0.1, 0.15) is 30.4 Å². The number of amides is 1. The molecule has 1 aliphatic rings. The molecule has 26 heavy (non-hydrogen) atoms. The Morgan fingerprint density at radius 2 is 1.77 bits per heavy atom. The standard InChI is InChI=1S/C20H21F3N2O/c21-16-4-1-14(2-5-16)12-24-10-9-18-7-8-20(26)25(18)13-15-3-6-17(22)11-19(15)23/h1-6,11,18,24H,7-10,12-13H2. The van der Waals surface area contributed by atoms with Crippen molar-refractivity contribution in [3.63, 3.8) is 0 Å². The molecular weight excluding hydrogens is 341 g/mol. The number of nitrogens with one attached hydrogen (secondary N) is 1. The van der Waals surface area contributed by atoms with Gasteiger partial charge in [0.2, 0.25) is 5.91 Å². The monoisotopic (exact) mass is 362 g/mol. The zero-order valence-electron chi connectivity index (χ0n) is 14.4. The van der Waals surface area contributed by atoms with Gasteiger partial charge in [-0.15, -0.1) is 0 Å². The van der Waals surface area contributed by atoms with Gasteiger partial charge >= 0.3 is 0 Å². The molecule has 1 aliphatic heterocycles. The second-order valence-electron chi connectivity index (χ2n) is 6.54. The Morgan fingerprint density at radius 1 is 1.04 bits per heavy atom. The molecule has 1 atom stereocenters. The fraction of sp³-hybridized carbons (Fsp3) is 0.350. The van der Waals surface area contributed by atoms with Crippen LogP contribution in [-0.2, 0) is 17.9 Å². The van der Waals surface area contributed by atoms with Crippen molar-refractivity contribution in [1.29, 1.82) is 0 Å². The molecule has 1 N–H and O–H groups in total. The van der Waals surface area contributed by atoms with E-state index in [0.717, 1.165) is 24.5 Å². The van der Waals surface area contributed by atoms with Gasteiger partial charge in [-0.2, -0.15) is 0 Å². The van der Waals surface area contributed by atoms with Crippen LogP contribution in [0.2, 0.25) is 0 Å². The number of nitrogens with zero attached hydrogens (tertiary/aromatic N) is 1. The molecule has 6 heteroatoms. The maximum atomic E-state index is 13.9. The van der Waals surface area contributed by atoms with Gasteiger partial charge in [0.1, 0.15) is 17.5 Å². The van der Waals surface area contributed by atoms with Crippen LogP contribution in [0.25, 0.3) is 0 Å². The van der Waals surface area contributed by atoms with Crippen LogP contribution in [0, 0.1) is 17.5 Å². The van der Waals surface area contributed by atoms with Crippen molar-refractivity contribution in [2.24, 2.45) is 0 Å². The van der Waals surface area contributed by atoms with Gasteiger partial charge in [0.25, 0.3) is 0 Å². The molecule has 2 aromatic rings. The van der Waals surface area contributed by atoms with Crippen LogP contribution in [0.3, 0.4) is 0 Å². The Bertz CT molecular complexity index is 764. The molecule has 0 radical (unpaired) electrons. The van der Waals surface area contributed by atoms with Crippen molar-refractivity contribution in [3.05, 3.63) is 71.0 Å². The summed E-state index contributed by atoms with van der Waals surface area (Å²) in [6.45, 7) is 1.47. The highest BCUT2D eigenvalue weighted by molar-refractivity contribution is 5.78. The average Bonchev–Trinajstić information content (AvgIpc) is 2.96. The molecule has 3 rings (SSSR count). The molecule has 1 amide bonds. The number of likely N-dealkylation sites (tertiary alicyclic amines) is 1. The quantitative estimate of drug-likeness (QED) is 0.761. The molecule has 2 aromatic carbocycles. The van der Waals surface area contributed by atoms with Crippen molar-refractivity contribution in [1.82, 2.24) is 10.2 Å². The highest BCUT2D eigenvalue weighted by atomic mass is 19.1. The number of halogens is 3. The van der Waals surface area contributed by atoms with Gasteiger partial charge in [-0.25, -0.2) is 13.2 Å². The number of hydrogen-bond acceptors (Lipinski definition) is 2. The summed E-state index contributed by atoms with van der Waals surface area (Å²) < 4.78 is 39.8. The summed E-state index contributed by atoms with van der Waals surface area (Å²) in [5.74, 6) is -1.52. The molecule has 1 unspecified atom stereocenters. The Labute approximate surface area is 150 Å². The third-order valence-corrected chi connectivity index (χ3v) is 4.71. The number of hydrogen-bond donors (Lipinski definition) is 1. The SMILES string of the molecule is O=C1CCC(CCNCc2ccc(F)cc2)N1Cc1ccc(F)cc1F. The first kappa shape index (κ1) is 18.5. The van der Waals surface area contributed by atoms with E-state index in [4.69, 9.17) is 0 Å². The van der Waals surface area contributed by atoms with E-state index in [1.54, 1.807) is 17.0 Å². The van der Waals surface area contributed by atoms with Crippen LogP contribution in [0.5, 0.6) is 0 Å². The fourth-order valence-electron chi connectivity index (χ4n) is 3.25. The fourth-order valence-corrected chi connectivity index (χ4v) is 3.25. The number of carbonyl (C=O) groups is 1. The van der Waals surface area contributed by atoms with E-state index in [0.29, 0.717) is 25.1 Å². The number of rotatable bonds is 7. The largest absolute Gasteiger partial charge is 0.335 e. The maximum Gasteiger partial charge on any atom is 0.223 e. The van der Waals surface area contributed by atoms with E-state index in [9.17, 15) is 18.0 Å². The summed E-state index contributed by atoms with van der Waals surface area (Å²) in [6.07, 6.45) is 1.93. The third kappa shape index (κ3) is 4.64. The highest BCUT2D eigenvalue weighted by Crippen LogP contribution is 2.24. The first-order chi connectivity index (χ1) is 12.5. The van der Waals surface area contributed by atoms with E-state index in [1.165, 1.54) is 24.3 Å². The second-order valence-corrected chi connectivity index (χ2v) is 6.54. The molecule has 0 aromatic heterocycles. The summed E-state index contributed by atoms with van der Waals surface area (Å²) in [5.41, 5.74) is 1.31. The van der Waals surface area contributed by atoms with Gasteiger partial charge in [0.15, 0.2) is 0 Å². The van der Waals surface area contributed by atoms with E-state index in [1.807, 2.05) is 0 Å². The minimum atomic E-state index is -0.627. The number of benzene rings is 2. The minimum absolute atomic E-state index is 0.00254. The Balaban J connectivity index is 1.51. The minimum Gasteiger partial charge on any atom is -0.335 e. The van der Waals surface area contributed by atoms with Crippen molar-refractivity contribution in [2.75, 3.05) is 6.54 Å². The molecule has 1 saturated heterocycles. The van der Waals surface area contributed by atoms with Gasteiger partial charge in [0.05, 0.1) is 0 Å². The molecule has 1 fully saturated rings. The first-order valence-corrected chi connectivity index (χ1v) is 8.71. The molecule has 3 nitrogen and oxygen atoms in total. The van der Waals surface area contributed by atoms with E-state index in [2.05, 4.69) is 5.32 Å². The van der Waals surface area contributed by atoms with Crippen LogP contribution in [0.4, 0.5) is 13.2 Å². The van der Waals surface area contributed by atoms with Crippen LogP contribution in [-0.4, -0.2) is 23.4 Å². The highest BCUT2D eigenvalue weighted by Gasteiger charge is 2.30. The van der Waals surface area contributed by atoms with Gasteiger partial charge in [-0.3, -0.25) is 4.79 Å². The van der Waals surface area contributed by atoms with Crippen molar-refractivity contribution < 1.29 is 18.0 Å². The van der Waals surface area contributed by atoms with E-state index >= 15 is 0 Å². The van der Waals surface area contributed by atoms with Crippen molar-refractivity contribution >= 4 is 5.91 Å². The van der Waals surface area contributed by atoms with Gasteiger partial charge in [-0.05, 0) is 43.1 Å². The van der Waals surface area contributed by atoms with Crippen molar-refractivity contribution in [2.45, 2.75) is 38.4 Å². The Morgan fingerprint density at radius 3 is 2.50 bits per heavy atom. The maximum absolute atomic E-state index is 13.9. The lowest BCUT2D eigenvalue weighted by Gasteiger charge is -2.25. The predicted molar refractivity (Wildman–Crippen MR) is 92.7 cm³/mol. The van der Waals surface area contributed by atoms with Crippen LogP contribution in [0.15, 0.2) is 42.5 Å². The Kier molecular flexibility index (Phi) is 5.93. The first-order valence-electron chi connectivity index (χ1n) is 8.71. The summed E-state index contributed by atoms with van der Waals surface area (Å²) in [7, 11) is 0. The van der Waals surface area contributed by atoms with E-state index in [-0.39, 0.29) is 24.3 Å². The lowest BCUT2D eigenvalue weighted by Crippen LogP contribution is -2.35. The average molecular weight is 362 g/mol. The van der Waals surface area contributed by atoms with Gasteiger partial charge in [0, 0.05) is 37.2 Å². The molecular formula is C20H21F3N2O. The molecule has 0 spiro atoms. The summed E-state index contributed by atoms with van der Waals surface area (Å²) in [5, 5.41) is 3.28. The Hall–Kier alpha value is -2.34. The summed E-state index contributed by atoms with van der Waals surface area (Å²) >= 11 is 0. The third-order valence-electron chi connectivity index (χ3n) is 4.71. The lowest BCUT2D eigenvalue weighted by molar-refractivity contribution is -0.129. The second kappa shape index (κ2) is 8.36. The molecule has 0 aliphatic carbocycles. The van der Waals surface area contributed by atoms with Crippen LogP contribution < -0.4 is 5.32 Å². The number of carbonyl (C=O) groups excluding carboxylic acids is 1. The van der Waals surface area contributed by atoms with Gasteiger partial charge in [-0.1, -0.05) is 18.2 Å². The van der Waals surface area contributed by atoms with Crippen LogP contribution >= 0.6 is 0 Å². The molecule has 138 valence electrons. The van der Waals surface area contributed by atoms with Gasteiger partial charge < -0.3 is 10.2 Å². The zero-order valence-corrected chi connectivity index (χ0v) is 14.4. The molecule has 0 saturated carbocycles. The topological polar surface area (TPSA) is 32.3 Å². The lowest BCUT2D eigenvalue weighted by atomic mass is 10.1. The summed E-state index contributed by atoms with van der Waals surface area (Å²) in [6, 6.07) is 9.77. The normalized spacial score (nSPS) is 17.1. The smallest absolute Gasteiger partial charge is 0.223 e. The molecule has 0 bridgehead atoms. The van der Waals surface area contributed by atoms with E-state index < -0.39 is 11.6 Å². The summed E-state index contributed by atoms with van der Waals surface area (Å²) in [4.78, 5) is 13.8. The zero-order chi connectivity index (χ0) is 18.5.